The van der Waals surface area contributed by atoms with Crippen molar-refractivity contribution in [2.24, 2.45) is 17.8 Å². The standard InChI is InChI=1S/C21H29NO/c23-21(19-7-3-1-4-8-19,11-14-22-12-5-2-6-13-22)20-16-17-9-10-18(20)15-17/h1,3-4,7-10,17-18,20,23H,2,5-6,11-16H2/t17?,18?,20-,21+/m0/s1. The first kappa shape index (κ1) is 15.4. The van der Waals surface area contributed by atoms with Crippen molar-refractivity contribution < 1.29 is 5.11 Å². The molecule has 4 atom stereocenters. The van der Waals surface area contributed by atoms with Crippen LogP contribution in [0.5, 0.6) is 0 Å². The van der Waals surface area contributed by atoms with E-state index < -0.39 is 5.60 Å². The molecule has 1 heterocycles. The van der Waals surface area contributed by atoms with Crippen LogP contribution in [-0.4, -0.2) is 29.6 Å². The molecular formula is C21H29NO. The molecule has 124 valence electrons. The molecule has 0 aromatic heterocycles. The lowest BCUT2D eigenvalue weighted by Crippen LogP contribution is -2.42. The number of allylic oxidation sites excluding steroid dienone is 2. The van der Waals surface area contributed by atoms with E-state index in [2.05, 4.69) is 47.4 Å². The van der Waals surface area contributed by atoms with Gasteiger partial charge in [-0.1, -0.05) is 48.9 Å². The monoisotopic (exact) mass is 311 g/mol. The maximum Gasteiger partial charge on any atom is 0.0942 e. The fourth-order valence-corrected chi connectivity index (χ4v) is 5.11. The number of piperidine rings is 1. The fraction of sp³-hybridized carbons (Fsp3) is 0.619. The first-order valence-electron chi connectivity index (χ1n) is 9.44. The topological polar surface area (TPSA) is 23.5 Å². The van der Waals surface area contributed by atoms with Crippen LogP contribution < -0.4 is 0 Å². The molecule has 0 radical (unpaired) electrons. The molecule has 3 aliphatic rings. The Morgan fingerprint density at radius 1 is 1.00 bits per heavy atom. The zero-order valence-electron chi connectivity index (χ0n) is 14.0. The molecule has 1 saturated heterocycles. The minimum absolute atomic E-state index is 0.393. The van der Waals surface area contributed by atoms with Gasteiger partial charge in [0, 0.05) is 6.54 Å². The maximum atomic E-state index is 11.8. The Kier molecular flexibility index (Phi) is 4.29. The average molecular weight is 311 g/mol. The summed E-state index contributed by atoms with van der Waals surface area (Å²) >= 11 is 0. The highest BCUT2D eigenvalue weighted by Crippen LogP contribution is 2.52. The molecule has 1 aliphatic heterocycles. The fourth-order valence-electron chi connectivity index (χ4n) is 5.11. The lowest BCUT2D eigenvalue weighted by atomic mass is 9.72. The van der Waals surface area contributed by atoms with Crippen molar-refractivity contribution in [1.29, 1.82) is 0 Å². The summed E-state index contributed by atoms with van der Waals surface area (Å²) in [4.78, 5) is 2.56. The molecule has 2 nitrogen and oxygen atoms in total. The van der Waals surface area contributed by atoms with Gasteiger partial charge < -0.3 is 10.0 Å². The van der Waals surface area contributed by atoms with Gasteiger partial charge in [-0.05, 0) is 68.5 Å². The van der Waals surface area contributed by atoms with Crippen molar-refractivity contribution in [3.63, 3.8) is 0 Å². The molecular weight excluding hydrogens is 282 g/mol. The minimum Gasteiger partial charge on any atom is -0.385 e. The molecule has 1 N–H and O–H groups in total. The summed E-state index contributed by atoms with van der Waals surface area (Å²) in [5, 5.41) is 11.8. The van der Waals surface area contributed by atoms with Crippen LogP contribution in [-0.2, 0) is 5.60 Å². The second-order valence-corrected chi connectivity index (χ2v) is 7.83. The molecule has 1 saturated carbocycles. The predicted molar refractivity (Wildman–Crippen MR) is 94.1 cm³/mol. The summed E-state index contributed by atoms with van der Waals surface area (Å²) in [6, 6.07) is 10.5. The zero-order chi connectivity index (χ0) is 15.7. The molecule has 2 bridgehead atoms. The van der Waals surface area contributed by atoms with Gasteiger partial charge in [-0.25, -0.2) is 0 Å². The molecule has 2 heteroatoms. The molecule has 2 aliphatic carbocycles. The van der Waals surface area contributed by atoms with Gasteiger partial charge in [0.15, 0.2) is 0 Å². The Morgan fingerprint density at radius 2 is 1.78 bits per heavy atom. The lowest BCUT2D eigenvalue weighted by molar-refractivity contribution is -0.0495. The largest absolute Gasteiger partial charge is 0.385 e. The molecule has 0 spiro atoms. The molecule has 23 heavy (non-hydrogen) atoms. The van der Waals surface area contributed by atoms with Gasteiger partial charge in [0.05, 0.1) is 5.60 Å². The average Bonchev–Trinajstić information content (AvgIpc) is 3.25. The Bertz CT molecular complexity index is 548. The number of nitrogens with zero attached hydrogens (tertiary/aromatic N) is 1. The molecule has 0 amide bonds. The van der Waals surface area contributed by atoms with E-state index >= 15 is 0 Å². The maximum absolute atomic E-state index is 11.8. The Balaban J connectivity index is 1.55. The van der Waals surface area contributed by atoms with E-state index in [4.69, 9.17) is 0 Å². The van der Waals surface area contributed by atoms with Gasteiger partial charge in [-0.3, -0.25) is 0 Å². The van der Waals surface area contributed by atoms with Crippen LogP contribution in [0.2, 0.25) is 0 Å². The summed E-state index contributed by atoms with van der Waals surface area (Å²) in [6.07, 6.45) is 12.0. The molecule has 1 aromatic carbocycles. The van der Waals surface area contributed by atoms with Crippen LogP contribution in [0.1, 0.15) is 44.1 Å². The van der Waals surface area contributed by atoms with Crippen molar-refractivity contribution in [1.82, 2.24) is 4.90 Å². The van der Waals surface area contributed by atoms with Crippen molar-refractivity contribution in [2.45, 2.75) is 44.1 Å². The summed E-state index contributed by atoms with van der Waals surface area (Å²) in [5.74, 6) is 1.67. The lowest BCUT2D eigenvalue weighted by Gasteiger charge is -2.40. The zero-order valence-corrected chi connectivity index (χ0v) is 14.0. The van der Waals surface area contributed by atoms with Crippen LogP contribution in [0.4, 0.5) is 0 Å². The summed E-state index contributed by atoms with van der Waals surface area (Å²) < 4.78 is 0. The van der Waals surface area contributed by atoms with E-state index in [0.29, 0.717) is 17.8 Å². The van der Waals surface area contributed by atoms with E-state index in [9.17, 15) is 5.11 Å². The number of likely N-dealkylation sites (tertiary alicyclic amines) is 1. The smallest absolute Gasteiger partial charge is 0.0942 e. The van der Waals surface area contributed by atoms with E-state index in [1.807, 2.05) is 0 Å². The third-order valence-electron chi connectivity index (χ3n) is 6.42. The van der Waals surface area contributed by atoms with Gasteiger partial charge in [-0.15, -0.1) is 0 Å². The van der Waals surface area contributed by atoms with Crippen molar-refractivity contribution >= 4 is 0 Å². The number of rotatable bonds is 5. The number of aliphatic hydroxyl groups is 1. The number of fused-ring (bicyclic) bond motifs is 2. The van der Waals surface area contributed by atoms with E-state index in [-0.39, 0.29) is 0 Å². The first-order valence-corrected chi connectivity index (χ1v) is 9.44. The molecule has 1 aromatic rings. The molecule has 4 rings (SSSR count). The first-order chi connectivity index (χ1) is 11.3. The minimum atomic E-state index is -0.664. The van der Waals surface area contributed by atoms with Gasteiger partial charge in [0.25, 0.3) is 0 Å². The Hall–Kier alpha value is -1.12. The summed E-state index contributed by atoms with van der Waals surface area (Å²) in [6.45, 7) is 3.45. The third kappa shape index (κ3) is 2.99. The van der Waals surface area contributed by atoms with Crippen molar-refractivity contribution in [2.75, 3.05) is 19.6 Å². The number of hydrogen-bond donors (Lipinski definition) is 1. The van der Waals surface area contributed by atoms with E-state index in [1.165, 1.54) is 38.8 Å². The van der Waals surface area contributed by atoms with E-state index in [0.717, 1.165) is 24.9 Å². The highest BCUT2D eigenvalue weighted by molar-refractivity contribution is 5.27. The van der Waals surface area contributed by atoms with Crippen LogP contribution in [0.15, 0.2) is 42.5 Å². The van der Waals surface area contributed by atoms with Gasteiger partial charge in [0.2, 0.25) is 0 Å². The highest BCUT2D eigenvalue weighted by Gasteiger charge is 2.48. The predicted octanol–water partition coefficient (Wildman–Crippen LogP) is 3.96. The van der Waals surface area contributed by atoms with Crippen LogP contribution in [0.3, 0.4) is 0 Å². The SMILES string of the molecule is O[C@](CCN1CCCCC1)(c1ccccc1)[C@H]1CC2C=CC1C2. The molecule has 2 unspecified atom stereocenters. The quantitative estimate of drug-likeness (QED) is 0.832. The Labute approximate surface area is 140 Å². The third-order valence-corrected chi connectivity index (χ3v) is 6.42. The normalized spacial score (nSPS) is 33.0. The number of hydrogen-bond acceptors (Lipinski definition) is 2. The number of benzene rings is 1. The van der Waals surface area contributed by atoms with Gasteiger partial charge in [-0.2, -0.15) is 0 Å². The van der Waals surface area contributed by atoms with Crippen molar-refractivity contribution in [3.05, 3.63) is 48.0 Å². The van der Waals surface area contributed by atoms with E-state index in [1.54, 1.807) is 0 Å². The molecule has 2 fully saturated rings. The van der Waals surface area contributed by atoms with Crippen LogP contribution in [0.25, 0.3) is 0 Å². The summed E-state index contributed by atoms with van der Waals surface area (Å²) in [7, 11) is 0. The second kappa shape index (κ2) is 6.41. The second-order valence-electron chi connectivity index (χ2n) is 7.83. The Morgan fingerprint density at radius 3 is 2.43 bits per heavy atom. The van der Waals surface area contributed by atoms with Crippen LogP contribution >= 0.6 is 0 Å². The highest BCUT2D eigenvalue weighted by atomic mass is 16.3. The van der Waals surface area contributed by atoms with Gasteiger partial charge >= 0.3 is 0 Å². The summed E-state index contributed by atoms with van der Waals surface area (Å²) in [5.41, 5.74) is 0.464. The van der Waals surface area contributed by atoms with Crippen molar-refractivity contribution in [3.8, 4) is 0 Å². The van der Waals surface area contributed by atoms with Gasteiger partial charge in [0.1, 0.15) is 0 Å². The van der Waals surface area contributed by atoms with Crippen LogP contribution in [0, 0.1) is 17.8 Å².